The van der Waals surface area contributed by atoms with Gasteiger partial charge in [0.25, 0.3) is 0 Å². The van der Waals surface area contributed by atoms with Crippen molar-refractivity contribution >= 4 is 17.4 Å². The number of carbonyl (C=O) groups excluding carboxylic acids is 1. The molecule has 2 aromatic heterocycles. The number of rotatable bonds is 4. The summed E-state index contributed by atoms with van der Waals surface area (Å²) in [6.07, 6.45) is 1.78. The van der Waals surface area contributed by atoms with Gasteiger partial charge in [-0.15, -0.1) is 11.3 Å². The van der Waals surface area contributed by atoms with Crippen LogP contribution in [0.1, 0.15) is 29.4 Å². The number of imidazole rings is 1. The predicted octanol–water partition coefficient (Wildman–Crippen LogP) is 2.37. The molecule has 0 aliphatic carbocycles. The first kappa shape index (κ1) is 16.0. The SMILES string of the molecule is Cc1cnc([C@H](C)NC(=O)N2CCN(Cc3cccs3)CC2)[nH]1. The van der Waals surface area contributed by atoms with Gasteiger partial charge in [0.15, 0.2) is 0 Å². The van der Waals surface area contributed by atoms with Crippen LogP contribution in [-0.2, 0) is 6.54 Å². The Kier molecular flexibility index (Phi) is 4.97. The highest BCUT2D eigenvalue weighted by molar-refractivity contribution is 7.09. The number of aromatic amines is 1. The Morgan fingerprint density at radius 2 is 2.22 bits per heavy atom. The molecule has 0 saturated carbocycles. The van der Waals surface area contributed by atoms with E-state index in [0.717, 1.165) is 44.2 Å². The van der Waals surface area contributed by atoms with Gasteiger partial charge in [0.05, 0.1) is 6.04 Å². The Hall–Kier alpha value is -1.86. The van der Waals surface area contributed by atoms with Crippen LogP contribution in [0.5, 0.6) is 0 Å². The van der Waals surface area contributed by atoms with Crippen molar-refractivity contribution in [3.8, 4) is 0 Å². The lowest BCUT2D eigenvalue weighted by Gasteiger charge is -2.34. The number of carbonyl (C=O) groups is 1. The van der Waals surface area contributed by atoms with E-state index in [1.54, 1.807) is 17.5 Å². The number of thiophene rings is 1. The lowest BCUT2D eigenvalue weighted by atomic mass is 10.3. The van der Waals surface area contributed by atoms with Gasteiger partial charge in [-0.25, -0.2) is 9.78 Å². The molecule has 0 bridgehead atoms. The van der Waals surface area contributed by atoms with E-state index in [4.69, 9.17) is 0 Å². The van der Waals surface area contributed by atoms with E-state index in [2.05, 4.69) is 37.7 Å². The molecule has 3 heterocycles. The van der Waals surface area contributed by atoms with Crippen LogP contribution in [0.3, 0.4) is 0 Å². The van der Waals surface area contributed by atoms with Crippen LogP contribution in [0.4, 0.5) is 4.79 Å². The molecule has 0 radical (unpaired) electrons. The first-order valence-electron chi connectivity index (χ1n) is 7.93. The molecule has 3 rings (SSSR count). The molecule has 1 fully saturated rings. The van der Waals surface area contributed by atoms with E-state index < -0.39 is 0 Å². The van der Waals surface area contributed by atoms with Crippen LogP contribution in [0, 0.1) is 6.92 Å². The van der Waals surface area contributed by atoms with E-state index in [0.29, 0.717) is 0 Å². The van der Waals surface area contributed by atoms with Crippen LogP contribution < -0.4 is 5.32 Å². The van der Waals surface area contributed by atoms with E-state index in [1.165, 1.54) is 4.88 Å². The quantitative estimate of drug-likeness (QED) is 0.903. The van der Waals surface area contributed by atoms with Gasteiger partial charge in [-0.05, 0) is 25.3 Å². The summed E-state index contributed by atoms with van der Waals surface area (Å²) >= 11 is 1.79. The number of hydrogen-bond acceptors (Lipinski definition) is 4. The standard InChI is InChI=1S/C16H23N5OS/c1-12-10-17-15(18-12)13(2)19-16(22)21-7-5-20(6-8-21)11-14-4-3-9-23-14/h3-4,9-10,13H,5-8,11H2,1-2H3,(H,17,18)(H,19,22)/t13-/m0/s1. The topological polar surface area (TPSA) is 64.3 Å². The number of aryl methyl sites for hydroxylation is 1. The second-order valence-electron chi connectivity index (χ2n) is 5.97. The average Bonchev–Trinajstić information content (AvgIpc) is 3.19. The number of H-pyrrole nitrogens is 1. The highest BCUT2D eigenvalue weighted by Crippen LogP contribution is 2.14. The van der Waals surface area contributed by atoms with Crippen LogP contribution in [0.2, 0.25) is 0 Å². The normalized spacial score (nSPS) is 17.2. The molecule has 1 aliphatic heterocycles. The molecule has 0 aromatic carbocycles. The fourth-order valence-corrected chi connectivity index (χ4v) is 3.48. The molecule has 124 valence electrons. The Labute approximate surface area is 140 Å². The fraction of sp³-hybridized carbons (Fsp3) is 0.500. The number of nitrogens with one attached hydrogen (secondary N) is 2. The van der Waals surface area contributed by atoms with Gasteiger partial charge in [0.1, 0.15) is 5.82 Å². The van der Waals surface area contributed by atoms with Gasteiger partial charge in [-0.3, -0.25) is 4.90 Å². The maximum Gasteiger partial charge on any atom is 0.318 e. The van der Waals surface area contributed by atoms with Gasteiger partial charge in [-0.1, -0.05) is 6.07 Å². The summed E-state index contributed by atoms with van der Waals surface area (Å²) in [4.78, 5) is 25.5. The molecule has 23 heavy (non-hydrogen) atoms. The third kappa shape index (κ3) is 4.11. The minimum atomic E-state index is -0.111. The van der Waals surface area contributed by atoms with Gasteiger partial charge >= 0.3 is 6.03 Å². The summed E-state index contributed by atoms with van der Waals surface area (Å²) in [5.41, 5.74) is 1.00. The van der Waals surface area contributed by atoms with Gasteiger partial charge in [0.2, 0.25) is 0 Å². The summed E-state index contributed by atoms with van der Waals surface area (Å²) in [7, 11) is 0. The largest absolute Gasteiger partial charge is 0.344 e. The minimum Gasteiger partial charge on any atom is -0.344 e. The zero-order chi connectivity index (χ0) is 16.2. The molecule has 1 atom stereocenters. The Bertz CT molecular complexity index is 631. The molecule has 0 unspecified atom stereocenters. The van der Waals surface area contributed by atoms with Gasteiger partial charge in [0, 0.05) is 49.5 Å². The fourth-order valence-electron chi connectivity index (χ4n) is 2.73. The molecule has 1 aliphatic rings. The molecular weight excluding hydrogens is 310 g/mol. The minimum absolute atomic E-state index is 0.0117. The first-order chi connectivity index (χ1) is 11.1. The number of piperazine rings is 1. The number of amides is 2. The highest BCUT2D eigenvalue weighted by atomic mass is 32.1. The lowest BCUT2D eigenvalue weighted by molar-refractivity contribution is 0.134. The molecule has 1 saturated heterocycles. The van der Waals surface area contributed by atoms with Crippen LogP contribution >= 0.6 is 11.3 Å². The Morgan fingerprint density at radius 1 is 1.43 bits per heavy atom. The lowest BCUT2D eigenvalue weighted by Crippen LogP contribution is -2.51. The molecule has 0 spiro atoms. The van der Waals surface area contributed by atoms with E-state index >= 15 is 0 Å². The molecular formula is C16H23N5OS. The zero-order valence-corrected chi connectivity index (χ0v) is 14.4. The Balaban J connectivity index is 1.46. The summed E-state index contributed by atoms with van der Waals surface area (Å²) in [5.74, 6) is 0.798. The first-order valence-corrected chi connectivity index (χ1v) is 8.81. The van der Waals surface area contributed by atoms with Crippen LogP contribution in [0.15, 0.2) is 23.7 Å². The summed E-state index contributed by atoms with van der Waals surface area (Å²) in [5, 5.41) is 5.12. The second-order valence-corrected chi connectivity index (χ2v) is 7.00. The van der Waals surface area contributed by atoms with Crippen molar-refractivity contribution in [1.29, 1.82) is 0 Å². The Morgan fingerprint density at radius 3 is 2.83 bits per heavy atom. The van der Waals surface area contributed by atoms with Crippen molar-refractivity contribution in [3.05, 3.63) is 40.1 Å². The number of hydrogen-bond donors (Lipinski definition) is 2. The van der Waals surface area contributed by atoms with Gasteiger partial charge < -0.3 is 15.2 Å². The maximum atomic E-state index is 12.4. The van der Waals surface area contributed by atoms with E-state index in [1.807, 2.05) is 18.7 Å². The van der Waals surface area contributed by atoms with Crippen molar-refractivity contribution in [3.63, 3.8) is 0 Å². The summed E-state index contributed by atoms with van der Waals surface area (Å²) in [6, 6.07) is 4.13. The number of urea groups is 1. The highest BCUT2D eigenvalue weighted by Gasteiger charge is 2.23. The summed E-state index contributed by atoms with van der Waals surface area (Å²) in [6.45, 7) is 8.25. The van der Waals surface area contributed by atoms with Gasteiger partial charge in [-0.2, -0.15) is 0 Å². The smallest absolute Gasteiger partial charge is 0.318 e. The van der Waals surface area contributed by atoms with Crippen molar-refractivity contribution in [2.24, 2.45) is 0 Å². The van der Waals surface area contributed by atoms with Crippen molar-refractivity contribution < 1.29 is 4.79 Å². The summed E-state index contributed by atoms with van der Waals surface area (Å²) < 4.78 is 0. The van der Waals surface area contributed by atoms with Crippen LogP contribution in [-0.4, -0.2) is 52.0 Å². The number of nitrogens with zero attached hydrogens (tertiary/aromatic N) is 3. The molecule has 2 aromatic rings. The third-order valence-electron chi connectivity index (χ3n) is 4.09. The monoisotopic (exact) mass is 333 g/mol. The van der Waals surface area contributed by atoms with Crippen molar-refractivity contribution in [2.75, 3.05) is 26.2 Å². The third-order valence-corrected chi connectivity index (χ3v) is 4.95. The molecule has 2 amide bonds. The maximum absolute atomic E-state index is 12.4. The van der Waals surface area contributed by atoms with Crippen molar-refractivity contribution in [2.45, 2.75) is 26.4 Å². The van der Waals surface area contributed by atoms with E-state index in [-0.39, 0.29) is 12.1 Å². The average molecular weight is 333 g/mol. The molecule has 2 N–H and O–H groups in total. The van der Waals surface area contributed by atoms with E-state index in [9.17, 15) is 4.79 Å². The molecule has 7 heteroatoms. The predicted molar refractivity (Wildman–Crippen MR) is 91.4 cm³/mol. The zero-order valence-electron chi connectivity index (χ0n) is 13.6. The number of aromatic nitrogens is 2. The molecule has 6 nitrogen and oxygen atoms in total. The van der Waals surface area contributed by atoms with Crippen molar-refractivity contribution in [1.82, 2.24) is 25.1 Å². The van der Waals surface area contributed by atoms with Crippen LogP contribution in [0.25, 0.3) is 0 Å². The second kappa shape index (κ2) is 7.14.